The Morgan fingerprint density at radius 3 is 2.97 bits per heavy atom. The molecule has 166 valence electrons. The van der Waals surface area contributed by atoms with Crippen LogP contribution in [0.4, 0.5) is 0 Å². The minimum Gasteiger partial charge on any atom is -0.481 e. The number of fused-ring (bicyclic) bond motifs is 1. The summed E-state index contributed by atoms with van der Waals surface area (Å²) in [6, 6.07) is 10.3. The molecule has 0 radical (unpaired) electrons. The number of aromatic amines is 1. The van der Waals surface area contributed by atoms with E-state index in [-0.39, 0.29) is 30.0 Å². The standard InChI is InChI=1S/C23H29ClN4O3/c1-14(2)31-23-18(24)11-15(13-25-23)19-12-20(27-26-19)16-5-3-6-21-17(16)8-10-28(21)9-4-7-22(29)30/h3,5-6,8,10,12,14-15,18,23,25H,4,7,9,11,13H2,1-2H3,(H,26,27)(H,29,30). The maximum absolute atomic E-state index is 10.8. The average Bonchev–Trinajstić information content (AvgIpc) is 3.36. The Balaban J connectivity index is 1.50. The van der Waals surface area contributed by atoms with Crippen molar-refractivity contribution in [3.8, 4) is 11.3 Å². The van der Waals surface area contributed by atoms with Crippen molar-refractivity contribution in [1.82, 2.24) is 20.1 Å². The number of aliphatic carboxylic acids is 1. The molecule has 7 nitrogen and oxygen atoms in total. The van der Waals surface area contributed by atoms with E-state index in [0.717, 1.165) is 40.8 Å². The van der Waals surface area contributed by atoms with Gasteiger partial charge in [0.1, 0.15) is 6.23 Å². The van der Waals surface area contributed by atoms with Gasteiger partial charge >= 0.3 is 5.97 Å². The Hall–Kier alpha value is -2.35. The van der Waals surface area contributed by atoms with Crippen molar-refractivity contribution in [2.45, 2.75) is 63.3 Å². The largest absolute Gasteiger partial charge is 0.481 e. The molecule has 0 bridgehead atoms. The highest BCUT2D eigenvalue weighted by Crippen LogP contribution is 2.33. The lowest BCUT2D eigenvalue weighted by atomic mass is 9.94. The summed E-state index contributed by atoms with van der Waals surface area (Å²) < 4.78 is 7.95. The van der Waals surface area contributed by atoms with Gasteiger partial charge in [0, 0.05) is 53.8 Å². The second-order valence-corrected chi connectivity index (χ2v) is 8.98. The lowest BCUT2D eigenvalue weighted by Gasteiger charge is -2.34. The summed E-state index contributed by atoms with van der Waals surface area (Å²) in [5, 5.41) is 21.1. The number of H-pyrrole nitrogens is 1. The number of piperidine rings is 1. The Morgan fingerprint density at radius 1 is 1.39 bits per heavy atom. The number of nitrogens with zero attached hydrogens (tertiary/aromatic N) is 2. The number of aryl methyl sites for hydroxylation is 1. The molecule has 0 saturated carbocycles. The maximum Gasteiger partial charge on any atom is 0.303 e. The van der Waals surface area contributed by atoms with Crippen molar-refractivity contribution >= 4 is 28.5 Å². The van der Waals surface area contributed by atoms with E-state index in [1.165, 1.54) is 0 Å². The van der Waals surface area contributed by atoms with Gasteiger partial charge in [0.05, 0.1) is 17.2 Å². The van der Waals surface area contributed by atoms with Crippen molar-refractivity contribution in [3.05, 3.63) is 42.2 Å². The van der Waals surface area contributed by atoms with Crippen LogP contribution in [-0.4, -0.2) is 50.1 Å². The summed E-state index contributed by atoms with van der Waals surface area (Å²) in [5.74, 6) is -0.518. The molecule has 1 aliphatic rings. The van der Waals surface area contributed by atoms with E-state index < -0.39 is 5.97 Å². The number of hydrogen-bond acceptors (Lipinski definition) is 4. The fraction of sp³-hybridized carbons (Fsp3) is 0.478. The Labute approximate surface area is 186 Å². The van der Waals surface area contributed by atoms with Gasteiger partial charge in [-0.3, -0.25) is 15.2 Å². The number of ether oxygens (including phenoxy) is 1. The molecule has 31 heavy (non-hydrogen) atoms. The number of carboxylic acids is 1. The van der Waals surface area contributed by atoms with E-state index in [0.29, 0.717) is 13.0 Å². The summed E-state index contributed by atoms with van der Waals surface area (Å²) in [5.41, 5.74) is 4.11. The zero-order valence-corrected chi connectivity index (χ0v) is 18.6. The van der Waals surface area contributed by atoms with E-state index in [2.05, 4.69) is 44.3 Å². The van der Waals surface area contributed by atoms with Crippen LogP contribution in [0.25, 0.3) is 22.2 Å². The number of aromatic nitrogens is 3. The third-order valence-electron chi connectivity index (χ3n) is 5.74. The van der Waals surface area contributed by atoms with Gasteiger partial charge in [-0.05, 0) is 44.9 Å². The molecule has 1 aromatic carbocycles. The van der Waals surface area contributed by atoms with Gasteiger partial charge in [-0.1, -0.05) is 12.1 Å². The molecule has 3 atom stereocenters. The maximum atomic E-state index is 10.8. The molecular weight excluding hydrogens is 416 g/mol. The minimum absolute atomic E-state index is 0.101. The van der Waals surface area contributed by atoms with Crippen LogP contribution < -0.4 is 5.32 Å². The normalized spacial score (nSPS) is 21.7. The number of benzene rings is 1. The van der Waals surface area contributed by atoms with Crippen LogP contribution in [0.5, 0.6) is 0 Å². The highest BCUT2D eigenvalue weighted by atomic mass is 35.5. The number of alkyl halides is 1. The van der Waals surface area contributed by atoms with Crippen LogP contribution in [0.15, 0.2) is 36.5 Å². The monoisotopic (exact) mass is 444 g/mol. The van der Waals surface area contributed by atoms with E-state index >= 15 is 0 Å². The fourth-order valence-electron chi connectivity index (χ4n) is 4.25. The molecule has 3 aromatic rings. The van der Waals surface area contributed by atoms with Gasteiger partial charge < -0.3 is 14.4 Å². The quantitative estimate of drug-likeness (QED) is 0.450. The highest BCUT2D eigenvalue weighted by molar-refractivity contribution is 6.21. The Morgan fingerprint density at radius 2 is 2.23 bits per heavy atom. The van der Waals surface area contributed by atoms with Gasteiger partial charge in [0.25, 0.3) is 0 Å². The minimum atomic E-state index is -0.764. The van der Waals surface area contributed by atoms with Gasteiger partial charge in [0.15, 0.2) is 0 Å². The van der Waals surface area contributed by atoms with Crippen molar-refractivity contribution < 1.29 is 14.6 Å². The zero-order chi connectivity index (χ0) is 22.0. The first-order chi connectivity index (χ1) is 14.9. The van der Waals surface area contributed by atoms with E-state index in [1.807, 2.05) is 26.1 Å². The first-order valence-electron chi connectivity index (χ1n) is 10.8. The number of nitrogens with one attached hydrogen (secondary N) is 2. The molecule has 0 spiro atoms. The van der Waals surface area contributed by atoms with Crippen LogP contribution >= 0.6 is 11.6 Å². The topological polar surface area (TPSA) is 92.2 Å². The molecule has 3 N–H and O–H groups in total. The fourth-order valence-corrected chi connectivity index (χ4v) is 4.62. The average molecular weight is 445 g/mol. The Bertz CT molecular complexity index is 1040. The molecule has 0 amide bonds. The lowest BCUT2D eigenvalue weighted by molar-refractivity contribution is -0.137. The van der Waals surface area contributed by atoms with E-state index in [1.54, 1.807) is 0 Å². The van der Waals surface area contributed by atoms with Crippen LogP contribution in [-0.2, 0) is 16.1 Å². The molecular formula is C23H29ClN4O3. The predicted molar refractivity (Wildman–Crippen MR) is 121 cm³/mol. The first kappa shape index (κ1) is 21.9. The summed E-state index contributed by atoms with van der Waals surface area (Å²) in [4.78, 5) is 10.8. The predicted octanol–water partition coefficient (Wildman–Crippen LogP) is 4.33. The van der Waals surface area contributed by atoms with Gasteiger partial charge in [-0.2, -0.15) is 5.10 Å². The summed E-state index contributed by atoms with van der Waals surface area (Å²) in [7, 11) is 0. The van der Waals surface area contributed by atoms with Gasteiger partial charge in [-0.15, -0.1) is 11.6 Å². The van der Waals surface area contributed by atoms with Crippen molar-refractivity contribution in [2.75, 3.05) is 6.54 Å². The SMILES string of the molecule is CC(C)OC1NCC(c2cc(-c3cccc4c3ccn4CCCC(=O)O)n[nH]2)CC1Cl. The number of hydrogen-bond donors (Lipinski definition) is 3. The molecule has 1 aliphatic heterocycles. The van der Waals surface area contributed by atoms with Gasteiger partial charge in [0.2, 0.25) is 0 Å². The number of carbonyl (C=O) groups is 1. The van der Waals surface area contributed by atoms with Crippen LogP contribution in [0, 0.1) is 0 Å². The third-order valence-corrected chi connectivity index (χ3v) is 6.15. The van der Waals surface area contributed by atoms with Crippen LogP contribution in [0.2, 0.25) is 0 Å². The summed E-state index contributed by atoms with van der Waals surface area (Å²) in [6.45, 7) is 5.49. The van der Waals surface area contributed by atoms with E-state index in [9.17, 15) is 4.79 Å². The highest BCUT2D eigenvalue weighted by Gasteiger charge is 2.31. The molecule has 0 aliphatic carbocycles. The number of halogens is 1. The van der Waals surface area contributed by atoms with Crippen LogP contribution in [0.1, 0.15) is 44.7 Å². The number of carboxylic acid groups (broad SMARTS) is 1. The third kappa shape index (κ3) is 4.95. The zero-order valence-electron chi connectivity index (χ0n) is 17.8. The number of rotatable bonds is 8. The lowest BCUT2D eigenvalue weighted by Crippen LogP contribution is -2.48. The first-order valence-corrected chi connectivity index (χ1v) is 11.2. The van der Waals surface area contributed by atoms with E-state index in [4.69, 9.17) is 21.4 Å². The van der Waals surface area contributed by atoms with Crippen LogP contribution in [0.3, 0.4) is 0 Å². The van der Waals surface area contributed by atoms with Crippen molar-refractivity contribution in [2.24, 2.45) is 0 Å². The second-order valence-electron chi connectivity index (χ2n) is 8.42. The van der Waals surface area contributed by atoms with Crippen molar-refractivity contribution in [3.63, 3.8) is 0 Å². The molecule has 3 heterocycles. The Kier molecular flexibility index (Phi) is 6.65. The molecule has 2 aromatic heterocycles. The molecule has 3 unspecified atom stereocenters. The van der Waals surface area contributed by atoms with Gasteiger partial charge in [-0.25, -0.2) is 0 Å². The molecule has 4 rings (SSSR count). The summed E-state index contributed by atoms with van der Waals surface area (Å²) >= 11 is 6.58. The molecule has 8 heteroatoms. The molecule has 1 saturated heterocycles. The second kappa shape index (κ2) is 9.42. The van der Waals surface area contributed by atoms with Crippen molar-refractivity contribution in [1.29, 1.82) is 0 Å². The smallest absolute Gasteiger partial charge is 0.303 e. The summed E-state index contributed by atoms with van der Waals surface area (Å²) in [6.07, 6.45) is 3.61. The molecule has 1 fully saturated rings.